The number of nitrogen functional groups attached to an aromatic ring is 1. The van der Waals surface area contributed by atoms with E-state index in [4.69, 9.17) is 10.5 Å². The molecule has 4 heterocycles. The summed E-state index contributed by atoms with van der Waals surface area (Å²) in [6.07, 6.45) is 0. The van der Waals surface area contributed by atoms with Crippen LogP contribution < -0.4 is 11.1 Å². The zero-order chi connectivity index (χ0) is 23.0. The Morgan fingerprint density at radius 3 is 2.84 bits per heavy atom. The second-order valence-electron chi connectivity index (χ2n) is 6.70. The molecule has 0 aliphatic carbocycles. The molecule has 2 aromatic heterocycles. The number of β-lactam (4-membered cyclic amide) rings is 1. The lowest BCUT2D eigenvalue weighted by Gasteiger charge is -2.49. The Labute approximate surface area is 193 Å². The van der Waals surface area contributed by atoms with Crippen LogP contribution in [0, 0.1) is 0 Å². The smallest absolute Gasteiger partial charge is 0.352 e. The van der Waals surface area contributed by atoms with Gasteiger partial charge in [0.15, 0.2) is 10.8 Å². The fraction of sp³-hybridized carbons (Fsp3) is 0.278. The Morgan fingerprint density at radius 2 is 2.22 bits per heavy atom. The van der Waals surface area contributed by atoms with Gasteiger partial charge in [-0.2, -0.15) is 0 Å². The van der Waals surface area contributed by atoms with E-state index in [2.05, 4.69) is 15.5 Å². The maximum absolute atomic E-state index is 12.9. The van der Waals surface area contributed by atoms with E-state index in [1.54, 1.807) is 7.11 Å². The highest BCUT2D eigenvalue weighted by Crippen LogP contribution is 2.44. The fourth-order valence-corrected chi connectivity index (χ4v) is 6.28. The number of ether oxygens (including phenoxy) is 1. The van der Waals surface area contributed by atoms with Gasteiger partial charge in [-0.15, -0.1) is 34.4 Å². The lowest BCUT2D eigenvalue weighted by molar-refractivity contribution is -0.149. The molecule has 11 nitrogen and oxygen atoms in total. The van der Waals surface area contributed by atoms with Gasteiger partial charge in [0.1, 0.15) is 22.8 Å². The molecule has 1 saturated heterocycles. The number of thioether (sulfide) groups is 1. The van der Waals surface area contributed by atoms with Crippen LogP contribution >= 0.6 is 34.4 Å². The van der Waals surface area contributed by atoms with Crippen LogP contribution in [0.15, 0.2) is 27.7 Å². The number of hydrogen-bond acceptors (Lipinski definition) is 11. The number of methoxy groups -OCH3 is 1. The van der Waals surface area contributed by atoms with E-state index in [0.717, 1.165) is 21.8 Å². The molecule has 168 valence electrons. The molecule has 0 saturated carbocycles. The van der Waals surface area contributed by atoms with Crippen molar-refractivity contribution in [2.75, 3.05) is 18.6 Å². The van der Waals surface area contributed by atoms with Crippen molar-refractivity contribution >= 4 is 68.6 Å². The summed E-state index contributed by atoms with van der Waals surface area (Å²) in [6, 6.07) is 0.836. The number of hydrogen-bond donors (Lipinski definition) is 4. The summed E-state index contributed by atoms with van der Waals surface area (Å²) in [5.41, 5.74) is 6.39. The molecule has 2 aliphatic rings. The Balaban J connectivity index is 1.58. The van der Waals surface area contributed by atoms with Gasteiger partial charge in [0.05, 0.1) is 6.61 Å². The van der Waals surface area contributed by atoms with Crippen molar-refractivity contribution in [1.82, 2.24) is 15.2 Å². The molecule has 2 atom stereocenters. The summed E-state index contributed by atoms with van der Waals surface area (Å²) in [5.74, 6) is -2.28. The van der Waals surface area contributed by atoms with Gasteiger partial charge in [-0.1, -0.05) is 5.16 Å². The number of oxime groups is 1. The molecule has 5 N–H and O–H groups in total. The lowest BCUT2D eigenvalue weighted by Crippen LogP contribution is -2.71. The number of nitrogens with zero attached hydrogens (tertiary/aromatic N) is 3. The van der Waals surface area contributed by atoms with Gasteiger partial charge in [-0.3, -0.25) is 14.5 Å². The number of anilines is 1. The van der Waals surface area contributed by atoms with Crippen LogP contribution in [-0.2, 0) is 25.7 Å². The van der Waals surface area contributed by atoms with Gasteiger partial charge in [0.25, 0.3) is 11.8 Å². The van der Waals surface area contributed by atoms with Gasteiger partial charge in [0, 0.05) is 28.7 Å². The van der Waals surface area contributed by atoms with Crippen molar-refractivity contribution in [3.63, 3.8) is 0 Å². The molecule has 0 bridgehead atoms. The molecule has 0 unspecified atom stereocenters. The molecule has 4 rings (SSSR count). The average Bonchev–Trinajstić information content (AvgIpc) is 3.40. The number of amides is 2. The highest BCUT2D eigenvalue weighted by molar-refractivity contribution is 8.00. The third-order valence-electron chi connectivity index (χ3n) is 4.88. The minimum absolute atomic E-state index is 0.0731. The lowest BCUT2D eigenvalue weighted by atomic mass is 9.99. The second-order valence-corrected chi connectivity index (χ2v) is 9.70. The first-order valence-corrected chi connectivity index (χ1v) is 11.9. The molecule has 2 amide bonds. The van der Waals surface area contributed by atoms with E-state index in [0.29, 0.717) is 17.9 Å². The molecule has 14 heteroatoms. The summed E-state index contributed by atoms with van der Waals surface area (Å²) in [4.78, 5) is 43.5. The molecule has 2 aliphatic heterocycles. The van der Waals surface area contributed by atoms with Crippen molar-refractivity contribution in [3.8, 4) is 0 Å². The third kappa shape index (κ3) is 3.74. The maximum Gasteiger partial charge on any atom is 0.352 e. The first-order chi connectivity index (χ1) is 15.4. The number of rotatable bonds is 7. The van der Waals surface area contributed by atoms with Gasteiger partial charge in [0.2, 0.25) is 0 Å². The number of carbonyl (C=O) groups is 3. The number of fused-ring (bicyclic) bond motifs is 1. The van der Waals surface area contributed by atoms with E-state index >= 15 is 0 Å². The highest BCUT2D eigenvalue weighted by Gasteiger charge is 2.54. The largest absolute Gasteiger partial charge is 0.477 e. The maximum atomic E-state index is 12.9. The van der Waals surface area contributed by atoms with Gasteiger partial charge >= 0.3 is 5.97 Å². The molecule has 0 aromatic carbocycles. The summed E-state index contributed by atoms with van der Waals surface area (Å²) >= 11 is 3.85. The number of thiophene rings is 1. The fourth-order valence-electron chi connectivity index (χ4n) is 3.50. The van der Waals surface area contributed by atoms with Gasteiger partial charge < -0.3 is 26.1 Å². The Bertz CT molecular complexity index is 1160. The van der Waals surface area contributed by atoms with Crippen LogP contribution in [-0.4, -0.2) is 68.0 Å². The second kappa shape index (κ2) is 8.90. The normalized spacial score (nSPS) is 20.7. The molecule has 1 fully saturated rings. The number of carboxylic acid groups (broad SMARTS) is 1. The Hall–Kier alpha value is -2.94. The number of carbonyl (C=O) groups excluding carboxylic acids is 2. The SMILES string of the molecule is COCc1sccc1C1=C(C(=O)O)N2C(=O)[C@@H](NC(=O)C(=NO)c3csc(N)n3)[C@@H]2SC1. The first-order valence-electron chi connectivity index (χ1n) is 9.08. The van der Waals surface area contributed by atoms with Crippen molar-refractivity contribution < 1.29 is 29.4 Å². The van der Waals surface area contributed by atoms with Crippen molar-refractivity contribution in [1.29, 1.82) is 0 Å². The number of carboxylic acids is 1. The van der Waals surface area contributed by atoms with Crippen LogP contribution in [0.2, 0.25) is 0 Å². The minimum atomic E-state index is -1.23. The standard InChI is InChI=1S/C18H17N5O6S3/c1-29-4-10-7(2-3-30-10)8-5-31-16-12(15(25)23(16)13(8)17(26)27)21-14(24)11(22-28)9-6-32-18(19)20-9/h2-3,6,12,16,28H,4-5H2,1H3,(H2,19,20)(H,21,24)(H,26,27)/t12-,16+/m1/s1. The molecule has 0 spiro atoms. The summed E-state index contributed by atoms with van der Waals surface area (Å²) in [5, 5.41) is 27.5. The summed E-state index contributed by atoms with van der Waals surface area (Å²) < 4.78 is 5.19. The predicted molar refractivity (Wildman–Crippen MR) is 119 cm³/mol. The van der Waals surface area contributed by atoms with Crippen LogP contribution in [0.3, 0.4) is 0 Å². The number of thiazole rings is 1. The molecular formula is C18H17N5O6S3. The number of nitrogens with one attached hydrogen (secondary N) is 1. The van der Waals surface area contributed by atoms with Crippen LogP contribution in [0.1, 0.15) is 16.1 Å². The molecule has 0 radical (unpaired) electrons. The molecular weight excluding hydrogens is 478 g/mol. The molecule has 32 heavy (non-hydrogen) atoms. The zero-order valence-electron chi connectivity index (χ0n) is 16.5. The van der Waals surface area contributed by atoms with Gasteiger partial charge in [-0.05, 0) is 17.0 Å². The van der Waals surface area contributed by atoms with E-state index < -0.39 is 29.2 Å². The first kappa shape index (κ1) is 22.3. The van der Waals surface area contributed by atoms with Crippen LogP contribution in [0.4, 0.5) is 5.13 Å². The summed E-state index contributed by atoms with van der Waals surface area (Å²) in [7, 11) is 1.55. The zero-order valence-corrected chi connectivity index (χ0v) is 18.9. The van der Waals surface area contributed by atoms with Crippen molar-refractivity contribution in [3.05, 3.63) is 38.7 Å². The minimum Gasteiger partial charge on any atom is -0.477 e. The van der Waals surface area contributed by atoms with Crippen LogP contribution in [0.5, 0.6) is 0 Å². The van der Waals surface area contributed by atoms with Gasteiger partial charge in [-0.25, -0.2) is 9.78 Å². The average molecular weight is 496 g/mol. The summed E-state index contributed by atoms with van der Waals surface area (Å²) in [6.45, 7) is 0.328. The number of nitrogens with two attached hydrogens (primary N) is 1. The third-order valence-corrected chi connectivity index (χ3v) is 7.73. The van der Waals surface area contributed by atoms with E-state index in [1.165, 1.54) is 33.4 Å². The van der Waals surface area contributed by atoms with Crippen molar-refractivity contribution in [2.45, 2.75) is 18.0 Å². The predicted octanol–water partition coefficient (Wildman–Crippen LogP) is 1.01. The highest BCUT2D eigenvalue weighted by atomic mass is 32.2. The molecule has 2 aromatic rings. The Morgan fingerprint density at radius 1 is 1.44 bits per heavy atom. The quantitative estimate of drug-likeness (QED) is 0.190. The monoisotopic (exact) mass is 495 g/mol. The Kier molecular flexibility index (Phi) is 6.19. The van der Waals surface area contributed by atoms with Crippen molar-refractivity contribution in [2.24, 2.45) is 5.16 Å². The van der Waals surface area contributed by atoms with E-state index in [1.807, 2.05) is 11.4 Å². The topological polar surface area (TPSA) is 167 Å². The van der Waals surface area contributed by atoms with Crippen LogP contribution in [0.25, 0.3) is 5.57 Å². The van der Waals surface area contributed by atoms with E-state index in [-0.39, 0.29) is 22.2 Å². The number of aromatic nitrogens is 1. The number of aliphatic carboxylic acids is 1. The van der Waals surface area contributed by atoms with E-state index in [9.17, 15) is 24.7 Å².